The first-order chi connectivity index (χ1) is 20.8. The highest BCUT2D eigenvalue weighted by atomic mass is 16.3. The van der Waals surface area contributed by atoms with Crippen LogP contribution in [0.15, 0.2) is 12.2 Å². The van der Waals surface area contributed by atoms with Gasteiger partial charge in [-0.25, -0.2) is 0 Å². The topological polar surface area (TPSA) is 40.5 Å². The van der Waals surface area contributed by atoms with Crippen molar-refractivity contribution in [3.63, 3.8) is 0 Å². The fraction of sp³-hybridized carbons (Fsp3) is 0.950. The molecule has 0 aliphatic heterocycles. The smallest absolute Gasteiger partial charge is 0.0431 e. The first kappa shape index (κ1) is 43.8. The molecule has 0 saturated heterocycles. The van der Waals surface area contributed by atoms with Crippen LogP contribution in [0, 0.1) is 0 Å². The summed E-state index contributed by atoms with van der Waals surface area (Å²) in [6.07, 6.45) is 51.3. The van der Waals surface area contributed by atoms with E-state index in [1.165, 1.54) is 205 Å². The van der Waals surface area contributed by atoms with E-state index in [0.717, 1.165) is 12.8 Å². The van der Waals surface area contributed by atoms with Gasteiger partial charge in [0.2, 0.25) is 0 Å². The van der Waals surface area contributed by atoms with E-state index in [9.17, 15) is 0 Å². The van der Waals surface area contributed by atoms with Gasteiger partial charge >= 0.3 is 0 Å². The van der Waals surface area contributed by atoms with E-state index < -0.39 is 0 Å². The molecular formula is C40H82O2. The third kappa shape index (κ3) is 46.6. The van der Waals surface area contributed by atoms with E-state index in [1.54, 1.807) is 0 Å². The molecule has 0 bridgehead atoms. The summed E-state index contributed by atoms with van der Waals surface area (Å²) < 4.78 is 0. The van der Waals surface area contributed by atoms with Crippen LogP contribution in [-0.2, 0) is 0 Å². The monoisotopic (exact) mass is 595 g/mol. The fourth-order valence-electron chi connectivity index (χ4n) is 5.73. The van der Waals surface area contributed by atoms with Crippen LogP contribution in [0.1, 0.15) is 232 Å². The van der Waals surface area contributed by atoms with Gasteiger partial charge in [-0.15, -0.1) is 0 Å². The summed E-state index contributed by atoms with van der Waals surface area (Å²) in [5.74, 6) is 0. The summed E-state index contributed by atoms with van der Waals surface area (Å²) in [5.41, 5.74) is 0. The van der Waals surface area contributed by atoms with E-state index in [2.05, 4.69) is 26.0 Å². The molecule has 0 atom stereocenters. The predicted octanol–water partition coefficient (Wildman–Crippen LogP) is 13.8. The Labute approximate surface area is 267 Å². The SMILES string of the molecule is CCCCCCCCC=CCCCCCCCCCCCCO.CCCCCCCCCCCCCCCCCCO. The van der Waals surface area contributed by atoms with Gasteiger partial charge in [-0.2, -0.15) is 0 Å². The van der Waals surface area contributed by atoms with Crippen molar-refractivity contribution >= 4 is 0 Å². The molecule has 0 rings (SSSR count). The van der Waals surface area contributed by atoms with Gasteiger partial charge in [-0.3, -0.25) is 0 Å². The van der Waals surface area contributed by atoms with E-state index in [0.29, 0.717) is 13.2 Å². The Hall–Kier alpha value is -0.340. The largest absolute Gasteiger partial charge is 0.396 e. The van der Waals surface area contributed by atoms with Crippen LogP contribution in [0.25, 0.3) is 0 Å². The lowest BCUT2D eigenvalue weighted by Crippen LogP contribution is -1.85. The molecule has 0 unspecified atom stereocenters. The van der Waals surface area contributed by atoms with Gasteiger partial charge in [-0.1, -0.05) is 206 Å². The van der Waals surface area contributed by atoms with Crippen molar-refractivity contribution in [2.24, 2.45) is 0 Å². The Balaban J connectivity index is 0. The van der Waals surface area contributed by atoms with Crippen molar-refractivity contribution in [2.75, 3.05) is 13.2 Å². The molecule has 42 heavy (non-hydrogen) atoms. The van der Waals surface area contributed by atoms with Crippen LogP contribution in [0.3, 0.4) is 0 Å². The minimum atomic E-state index is 0.368. The lowest BCUT2D eigenvalue weighted by Gasteiger charge is -2.03. The minimum absolute atomic E-state index is 0.368. The van der Waals surface area contributed by atoms with Gasteiger partial charge in [0.1, 0.15) is 0 Å². The number of unbranched alkanes of at least 4 members (excludes halogenated alkanes) is 31. The van der Waals surface area contributed by atoms with Gasteiger partial charge in [0.15, 0.2) is 0 Å². The average molecular weight is 595 g/mol. The number of rotatable bonds is 35. The number of aliphatic hydroxyl groups excluding tert-OH is 2. The second kappa shape index (κ2) is 45.1. The number of hydrogen-bond donors (Lipinski definition) is 2. The zero-order valence-corrected chi connectivity index (χ0v) is 29.5. The van der Waals surface area contributed by atoms with Crippen molar-refractivity contribution in [2.45, 2.75) is 232 Å². The lowest BCUT2D eigenvalue weighted by molar-refractivity contribution is 0.282. The molecule has 0 spiro atoms. The molecule has 0 saturated carbocycles. The highest BCUT2D eigenvalue weighted by Gasteiger charge is 1.95. The standard InChI is InChI=1S/C22H44O.C18H38O/c1-2-3-4-5-6-7-8-9-10-11-12-13-14-15-16-17-18-19-20-21-22-23;1-2-3-4-5-6-7-8-9-10-11-12-13-14-15-16-17-18-19/h9-10,23H,2-8,11-22H2,1H3;19H,2-18H2,1H3. The van der Waals surface area contributed by atoms with Crippen LogP contribution in [0.5, 0.6) is 0 Å². The Kier molecular flexibility index (Phi) is 47.0. The van der Waals surface area contributed by atoms with Crippen molar-refractivity contribution in [3.05, 3.63) is 12.2 Å². The lowest BCUT2D eigenvalue weighted by atomic mass is 10.0. The van der Waals surface area contributed by atoms with E-state index in [4.69, 9.17) is 10.2 Å². The average Bonchev–Trinajstić information content (AvgIpc) is 3.00. The maximum absolute atomic E-state index is 8.71. The van der Waals surface area contributed by atoms with Crippen molar-refractivity contribution < 1.29 is 10.2 Å². The van der Waals surface area contributed by atoms with Crippen LogP contribution < -0.4 is 0 Å². The molecule has 0 aromatic heterocycles. The Morgan fingerprint density at radius 3 is 0.667 bits per heavy atom. The molecule has 0 heterocycles. The first-order valence-corrected chi connectivity index (χ1v) is 19.7. The van der Waals surface area contributed by atoms with Gasteiger partial charge < -0.3 is 10.2 Å². The van der Waals surface area contributed by atoms with Crippen LogP contribution in [-0.4, -0.2) is 23.4 Å². The maximum Gasteiger partial charge on any atom is 0.0431 e. The van der Waals surface area contributed by atoms with Crippen LogP contribution in [0.4, 0.5) is 0 Å². The second-order valence-electron chi connectivity index (χ2n) is 13.1. The summed E-state index contributed by atoms with van der Waals surface area (Å²) in [7, 11) is 0. The van der Waals surface area contributed by atoms with Gasteiger partial charge in [0.05, 0.1) is 0 Å². The quantitative estimate of drug-likeness (QED) is 0.0566. The molecule has 0 radical (unpaired) electrons. The molecule has 0 aliphatic rings. The predicted molar refractivity (Wildman–Crippen MR) is 192 cm³/mol. The van der Waals surface area contributed by atoms with Crippen molar-refractivity contribution in [1.82, 2.24) is 0 Å². The maximum atomic E-state index is 8.71. The van der Waals surface area contributed by atoms with Gasteiger partial charge in [0.25, 0.3) is 0 Å². The minimum Gasteiger partial charge on any atom is -0.396 e. The first-order valence-electron chi connectivity index (χ1n) is 19.7. The Bertz CT molecular complexity index is 431. The van der Waals surface area contributed by atoms with Crippen LogP contribution in [0.2, 0.25) is 0 Å². The summed E-state index contributed by atoms with van der Waals surface area (Å²) in [5, 5.41) is 17.4. The summed E-state index contributed by atoms with van der Waals surface area (Å²) in [4.78, 5) is 0. The zero-order chi connectivity index (χ0) is 30.9. The molecule has 0 aliphatic carbocycles. The molecule has 0 aromatic rings. The van der Waals surface area contributed by atoms with E-state index in [-0.39, 0.29) is 0 Å². The summed E-state index contributed by atoms with van der Waals surface area (Å²) in [6, 6.07) is 0. The highest BCUT2D eigenvalue weighted by Crippen LogP contribution is 2.14. The third-order valence-corrected chi connectivity index (χ3v) is 8.68. The van der Waals surface area contributed by atoms with Gasteiger partial charge in [0, 0.05) is 13.2 Å². The number of aliphatic hydroxyl groups is 2. The molecule has 2 nitrogen and oxygen atoms in total. The summed E-state index contributed by atoms with van der Waals surface area (Å²) in [6.45, 7) is 5.31. The third-order valence-electron chi connectivity index (χ3n) is 8.68. The van der Waals surface area contributed by atoms with Crippen molar-refractivity contribution in [3.8, 4) is 0 Å². The summed E-state index contributed by atoms with van der Waals surface area (Å²) >= 11 is 0. The Morgan fingerprint density at radius 1 is 0.262 bits per heavy atom. The Morgan fingerprint density at radius 2 is 0.452 bits per heavy atom. The van der Waals surface area contributed by atoms with Crippen molar-refractivity contribution in [1.29, 1.82) is 0 Å². The number of allylic oxidation sites excluding steroid dienone is 2. The number of hydrogen-bond acceptors (Lipinski definition) is 2. The van der Waals surface area contributed by atoms with Crippen LogP contribution >= 0.6 is 0 Å². The molecule has 0 aromatic carbocycles. The highest BCUT2D eigenvalue weighted by molar-refractivity contribution is 4.81. The molecule has 0 amide bonds. The fourth-order valence-corrected chi connectivity index (χ4v) is 5.73. The van der Waals surface area contributed by atoms with Gasteiger partial charge in [-0.05, 0) is 38.5 Å². The van der Waals surface area contributed by atoms with E-state index >= 15 is 0 Å². The molecular weight excluding hydrogens is 512 g/mol. The molecule has 2 heteroatoms. The zero-order valence-electron chi connectivity index (χ0n) is 29.5. The molecule has 0 fully saturated rings. The second-order valence-corrected chi connectivity index (χ2v) is 13.1. The van der Waals surface area contributed by atoms with E-state index in [1.807, 2.05) is 0 Å². The molecule has 2 N–H and O–H groups in total. The normalized spacial score (nSPS) is 11.3. The molecule has 254 valence electrons.